The molecule has 0 saturated carbocycles. The Kier molecular flexibility index (Phi) is 5.67. The van der Waals surface area contributed by atoms with Gasteiger partial charge in [-0.15, -0.1) is 0 Å². The van der Waals surface area contributed by atoms with Crippen LogP contribution in [0.15, 0.2) is 57.2 Å². The van der Waals surface area contributed by atoms with E-state index >= 15 is 0 Å². The lowest BCUT2D eigenvalue weighted by Crippen LogP contribution is -2.37. The maximum Gasteiger partial charge on any atom is 0.332 e. The average Bonchev–Trinajstić information content (AvgIpc) is 3.12. The number of aromatic nitrogens is 4. The van der Waals surface area contributed by atoms with E-state index in [0.717, 1.165) is 15.7 Å². The number of hydrazone groups is 1. The number of rotatable bonds is 5. The highest BCUT2D eigenvalue weighted by Gasteiger charge is 2.19. The molecule has 4 rings (SSSR count). The molecule has 0 aliphatic carbocycles. The van der Waals surface area contributed by atoms with E-state index in [4.69, 9.17) is 11.6 Å². The lowest BCUT2D eigenvalue weighted by Gasteiger charge is -2.09. The zero-order valence-electron chi connectivity index (χ0n) is 17.6. The van der Waals surface area contributed by atoms with Crippen molar-refractivity contribution < 1.29 is 4.39 Å². The van der Waals surface area contributed by atoms with Crippen LogP contribution in [0.2, 0.25) is 5.02 Å². The van der Waals surface area contributed by atoms with Gasteiger partial charge in [-0.3, -0.25) is 18.5 Å². The van der Waals surface area contributed by atoms with Crippen LogP contribution in [-0.4, -0.2) is 24.9 Å². The van der Waals surface area contributed by atoms with E-state index < -0.39 is 17.1 Å². The second kappa shape index (κ2) is 8.43. The van der Waals surface area contributed by atoms with E-state index in [1.165, 1.54) is 30.0 Å². The minimum atomic E-state index is -0.521. The molecule has 0 unspecified atom stereocenters. The predicted molar refractivity (Wildman–Crippen MR) is 123 cm³/mol. The Morgan fingerprint density at radius 3 is 2.53 bits per heavy atom. The number of anilines is 1. The van der Waals surface area contributed by atoms with Gasteiger partial charge in [-0.1, -0.05) is 47.5 Å². The van der Waals surface area contributed by atoms with Crippen LogP contribution in [0.1, 0.15) is 16.7 Å². The van der Waals surface area contributed by atoms with Gasteiger partial charge in [0.1, 0.15) is 5.82 Å². The van der Waals surface area contributed by atoms with Crippen molar-refractivity contribution in [3.05, 3.63) is 90.8 Å². The van der Waals surface area contributed by atoms with Gasteiger partial charge in [0, 0.05) is 19.7 Å². The van der Waals surface area contributed by atoms with E-state index in [1.54, 1.807) is 17.7 Å². The Hall–Kier alpha value is -3.72. The Labute approximate surface area is 187 Å². The maximum absolute atomic E-state index is 14.0. The molecule has 0 fully saturated rings. The summed E-state index contributed by atoms with van der Waals surface area (Å²) in [4.78, 5) is 29.7. The molecule has 0 aliphatic rings. The van der Waals surface area contributed by atoms with Crippen molar-refractivity contribution in [2.45, 2.75) is 13.5 Å². The van der Waals surface area contributed by atoms with E-state index in [0.29, 0.717) is 6.54 Å². The molecule has 164 valence electrons. The summed E-state index contributed by atoms with van der Waals surface area (Å²) in [6, 6.07) is 12.2. The molecular weight excluding hydrogens is 435 g/mol. The molecule has 0 atom stereocenters. The molecule has 8 nitrogen and oxygen atoms in total. The van der Waals surface area contributed by atoms with Crippen LogP contribution in [0.3, 0.4) is 0 Å². The summed E-state index contributed by atoms with van der Waals surface area (Å²) in [7, 11) is 2.96. The van der Waals surface area contributed by atoms with Crippen LogP contribution in [-0.2, 0) is 20.6 Å². The van der Waals surface area contributed by atoms with Gasteiger partial charge in [0.05, 0.1) is 17.8 Å². The third kappa shape index (κ3) is 3.82. The molecule has 0 amide bonds. The van der Waals surface area contributed by atoms with Crippen molar-refractivity contribution in [3.63, 3.8) is 0 Å². The normalized spacial score (nSPS) is 11.5. The summed E-state index contributed by atoms with van der Waals surface area (Å²) >= 11 is 6.04. The van der Waals surface area contributed by atoms with Crippen LogP contribution in [0, 0.1) is 12.7 Å². The first-order chi connectivity index (χ1) is 15.3. The molecule has 0 bridgehead atoms. The smallest absolute Gasteiger partial charge is 0.298 e. The van der Waals surface area contributed by atoms with Crippen molar-refractivity contribution in [3.8, 4) is 0 Å². The number of nitrogens with zero attached hydrogens (tertiary/aromatic N) is 5. The molecule has 1 N–H and O–H groups in total. The first-order valence-corrected chi connectivity index (χ1v) is 10.1. The van der Waals surface area contributed by atoms with Crippen molar-refractivity contribution in [1.82, 2.24) is 18.7 Å². The zero-order valence-corrected chi connectivity index (χ0v) is 18.4. The molecular formula is C22H20ClFN6O2. The van der Waals surface area contributed by atoms with E-state index in [9.17, 15) is 14.0 Å². The van der Waals surface area contributed by atoms with Gasteiger partial charge in [-0.25, -0.2) is 14.6 Å². The molecule has 2 aromatic carbocycles. The molecule has 0 saturated heterocycles. The fourth-order valence-electron chi connectivity index (χ4n) is 3.35. The van der Waals surface area contributed by atoms with Gasteiger partial charge < -0.3 is 0 Å². The quantitative estimate of drug-likeness (QED) is 0.371. The summed E-state index contributed by atoms with van der Waals surface area (Å²) in [5.41, 5.74) is 4.41. The van der Waals surface area contributed by atoms with Crippen LogP contribution < -0.4 is 16.7 Å². The van der Waals surface area contributed by atoms with Crippen LogP contribution >= 0.6 is 11.6 Å². The van der Waals surface area contributed by atoms with Gasteiger partial charge in [0.25, 0.3) is 5.56 Å². The number of fused-ring (bicyclic) bond motifs is 1. The SMILES string of the molecule is Cc1ccc(Cn2c(N/N=C\c3c(F)cccc3Cl)nc3c2c(=O)n(C)c(=O)n3C)cc1. The lowest BCUT2D eigenvalue weighted by atomic mass is 10.1. The van der Waals surface area contributed by atoms with Crippen molar-refractivity contribution in [2.24, 2.45) is 19.2 Å². The van der Waals surface area contributed by atoms with Crippen molar-refractivity contribution in [2.75, 3.05) is 5.43 Å². The van der Waals surface area contributed by atoms with Gasteiger partial charge >= 0.3 is 5.69 Å². The van der Waals surface area contributed by atoms with E-state index in [2.05, 4.69) is 15.5 Å². The van der Waals surface area contributed by atoms with Crippen molar-refractivity contribution in [1.29, 1.82) is 0 Å². The molecule has 4 aromatic rings. The highest BCUT2D eigenvalue weighted by atomic mass is 35.5. The van der Waals surface area contributed by atoms with E-state index in [1.807, 2.05) is 31.2 Å². The Morgan fingerprint density at radius 1 is 1.12 bits per heavy atom. The number of benzene rings is 2. The number of imidazole rings is 1. The molecule has 0 spiro atoms. The van der Waals surface area contributed by atoms with Gasteiger partial charge in [0.2, 0.25) is 5.95 Å². The van der Waals surface area contributed by atoms with E-state index in [-0.39, 0.29) is 27.7 Å². The van der Waals surface area contributed by atoms with Crippen LogP contribution in [0.5, 0.6) is 0 Å². The average molecular weight is 455 g/mol. The summed E-state index contributed by atoms with van der Waals surface area (Å²) < 4.78 is 18.0. The number of halogens is 2. The highest BCUT2D eigenvalue weighted by molar-refractivity contribution is 6.33. The molecule has 10 heteroatoms. The summed E-state index contributed by atoms with van der Waals surface area (Å²) in [6.07, 6.45) is 1.24. The van der Waals surface area contributed by atoms with Crippen LogP contribution in [0.25, 0.3) is 11.2 Å². The monoisotopic (exact) mass is 454 g/mol. The lowest BCUT2D eigenvalue weighted by molar-refractivity contribution is 0.626. The molecule has 2 heterocycles. The summed E-state index contributed by atoms with van der Waals surface area (Å²) in [5.74, 6) is -0.296. The second-order valence-corrected chi connectivity index (χ2v) is 7.80. The summed E-state index contributed by atoms with van der Waals surface area (Å²) in [6.45, 7) is 2.29. The Bertz CT molecular complexity index is 1450. The second-order valence-electron chi connectivity index (χ2n) is 7.39. The third-order valence-corrected chi connectivity index (χ3v) is 5.50. The third-order valence-electron chi connectivity index (χ3n) is 5.17. The predicted octanol–water partition coefficient (Wildman–Crippen LogP) is 3.03. The minimum absolute atomic E-state index is 0.117. The minimum Gasteiger partial charge on any atom is -0.298 e. The Morgan fingerprint density at radius 2 is 1.84 bits per heavy atom. The molecule has 0 radical (unpaired) electrons. The Balaban J connectivity index is 1.83. The fraction of sp³-hybridized carbons (Fsp3) is 0.182. The van der Waals surface area contributed by atoms with Crippen LogP contribution in [0.4, 0.5) is 10.3 Å². The van der Waals surface area contributed by atoms with Gasteiger partial charge in [-0.2, -0.15) is 10.1 Å². The standard InChI is InChI=1S/C22H20ClFN6O2/c1-13-7-9-14(10-8-13)12-30-18-19(28(2)22(32)29(3)20(18)31)26-21(30)27-25-11-15-16(23)5-4-6-17(15)24/h4-11H,12H2,1-3H3,(H,26,27)/b25-11-. The first kappa shape index (κ1) is 21.5. The first-order valence-electron chi connectivity index (χ1n) is 9.73. The number of hydrogen-bond donors (Lipinski definition) is 1. The molecule has 2 aromatic heterocycles. The zero-order chi connectivity index (χ0) is 23.0. The number of nitrogens with one attached hydrogen (secondary N) is 1. The van der Waals surface area contributed by atoms with Crippen molar-refractivity contribution >= 4 is 34.9 Å². The number of aryl methyl sites for hydroxylation is 2. The van der Waals surface area contributed by atoms with Gasteiger partial charge in [-0.05, 0) is 24.6 Å². The molecule has 32 heavy (non-hydrogen) atoms. The molecule has 0 aliphatic heterocycles. The fourth-order valence-corrected chi connectivity index (χ4v) is 3.56. The summed E-state index contributed by atoms with van der Waals surface area (Å²) in [5, 5.41) is 4.28. The van der Waals surface area contributed by atoms with Gasteiger partial charge in [0.15, 0.2) is 11.2 Å². The largest absolute Gasteiger partial charge is 0.332 e. The highest BCUT2D eigenvalue weighted by Crippen LogP contribution is 2.19. The number of hydrogen-bond acceptors (Lipinski definition) is 5. The maximum atomic E-state index is 14.0. The topological polar surface area (TPSA) is 86.2 Å².